The molecule has 0 aromatic heterocycles. The number of aryl methyl sites for hydroxylation is 1. The van der Waals surface area contributed by atoms with Crippen molar-refractivity contribution in [1.82, 2.24) is 4.90 Å². The smallest absolute Gasteiger partial charge is 0.182 e. The highest BCUT2D eigenvalue weighted by molar-refractivity contribution is 6.03. The summed E-state index contributed by atoms with van der Waals surface area (Å²) in [5.74, 6) is 0.237. The van der Waals surface area contributed by atoms with Gasteiger partial charge < -0.3 is 0 Å². The molecule has 0 saturated heterocycles. The van der Waals surface area contributed by atoms with Gasteiger partial charge in [0, 0.05) is 5.56 Å². The molecule has 0 aliphatic rings. The minimum atomic E-state index is -0.392. The first-order valence-corrected chi connectivity index (χ1v) is 7.42. The molecule has 0 N–H and O–H groups in total. The van der Waals surface area contributed by atoms with Gasteiger partial charge >= 0.3 is 0 Å². The van der Waals surface area contributed by atoms with E-state index in [1.807, 2.05) is 12.1 Å². The molecule has 0 amide bonds. The molecular weight excluding hydrogens is 234 g/mol. The Bertz CT molecular complexity index is 406. The van der Waals surface area contributed by atoms with Crippen LogP contribution in [0.1, 0.15) is 57.0 Å². The van der Waals surface area contributed by atoms with E-state index in [1.165, 1.54) is 5.56 Å². The van der Waals surface area contributed by atoms with E-state index in [0.29, 0.717) is 0 Å². The second kappa shape index (κ2) is 6.85. The van der Waals surface area contributed by atoms with Gasteiger partial charge in [0.2, 0.25) is 0 Å². The lowest BCUT2D eigenvalue weighted by Gasteiger charge is -2.38. The van der Waals surface area contributed by atoms with E-state index in [9.17, 15) is 4.79 Å². The Hall–Kier alpha value is -1.15. The first-order valence-electron chi connectivity index (χ1n) is 7.42. The normalized spacial score (nSPS) is 14.4. The molecule has 0 bridgehead atoms. The van der Waals surface area contributed by atoms with Gasteiger partial charge in [-0.2, -0.15) is 0 Å². The number of likely N-dealkylation sites (N-methyl/N-ethyl adjacent to an activating group) is 1. The summed E-state index contributed by atoms with van der Waals surface area (Å²) in [6.45, 7) is 12.3. The third kappa shape index (κ3) is 3.24. The van der Waals surface area contributed by atoms with Crippen LogP contribution in [-0.2, 0) is 6.42 Å². The van der Waals surface area contributed by atoms with Crippen molar-refractivity contribution in [2.45, 2.75) is 53.0 Å². The molecular formula is C17H27NO. The summed E-state index contributed by atoms with van der Waals surface area (Å²) < 4.78 is 0. The molecule has 2 heteroatoms. The maximum absolute atomic E-state index is 12.8. The quantitative estimate of drug-likeness (QED) is 0.693. The van der Waals surface area contributed by atoms with Crippen LogP contribution in [0.2, 0.25) is 0 Å². The Morgan fingerprint density at radius 2 is 1.58 bits per heavy atom. The van der Waals surface area contributed by atoms with Crippen molar-refractivity contribution in [2.75, 3.05) is 13.1 Å². The molecule has 1 unspecified atom stereocenters. The number of rotatable bonds is 7. The van der Waals surface area contributed by atoms with Crippen molar-refractivity contribution in [3.05, 3.63) is 35.4 Å². The highest BCUT2D eigenvalue weighted by Gasteiger charge is 2.36. The average molecular weight is 261 g/mol. The van der Waals surface area contributed by atoms with E-state index in [4.69, 9.17) is 0 Å². The van der Waals surface area contributed by atoms with Crippen molar-refractivity contribution >= 4 is 5.78 Å². The molecule has 1 aromatic carbocycles. The Labute approximate surface area is 117 Å². The molecule has 106 valence electrons. The molecule has 1 aromatic rings. The fraction of sp³-hybridized carbons (Fsp3) is 0.588. The maximum Gasteiger partial charge on any atom is 0.182 e. The lowest BCUT2D eigenvalue weighted by molar-refractivity contribution is 0.0608. The van der Waals surface area contributed by atoms with E-state index in [1.54, 1.807) is 0 Å². The number of Topliss-reactive ketones (excluding diaryl/α,β-unsaturated/α-hetero) is 1. The Balaban J connectivity index is 3.06. The van der Waals surface area contributed by atoms with Crippen LogP contribution < -0.4 is 0 Å². The van der Waals surface area contributed by atoms with Gasteiger partial charge in [-0.05, 0) is 38.4 Å². The second-order valence-corrected chi connectivity index (χ2v) is 5.18. The number of carbonyl (C=O) groups excluding carboxylic acids is 1. The molecule has 0 saturated carbocycles. The zero-order valence-corrected chi connectivity index (χ0v) is 13.0. The van der Waals surface area contributed by atoms with Gasteiger partial charge in [0.1, 0.15) is 0 Å². The van der Waals surface area contributed by atoms with Crippen LogP contribution in [0.3, 0.4) is 0 Å². The third-order valence-corrected chi connectivity index (χ3v) is 4.26. The molecule has 1 atom stereocenters. The summed E-state index contributed by atoms with van der Waals surface area (Å²) in [6, 6.07) is 8.06. The summed E-state index contributed by atoms with van der Waals surface area (Å²) in [5, 5.41) is 0. The van der Waals surface area contributed by atoms with Gasteiger partial charge in [0.05, 0.1) is 5.54 Å². The van der Waals surface area contributed by atoms with Crippen molar-refractivity contribution in [1.29, 1.82) is 0 Å². The maximum atomic E-state index is 12.8. The van der Waals surface area contributed by atoms with Crippen LogP contribution in [0.4, 0.5) is 0 Å². The van der Waals surface area contributed by atoms with Crippen LogP contribution in [0, 0.1) is 0 Å². The Morgan fingerprint density at radius 3 is 1.95 bits per heavy atom. The molecule has 1 rings (SSSR count). The summed E-state index contributed by atoms with van der Waals surface area (Å²) >= 11 is 0. The lowest BCUT2D eigenvalue weighted by atomic mass is 9.86. The number of carbonyl (C=O) groups is 1. The predicted molar refractivity (Wildman–Crippen MR) is 81.8 cm³/mol. The van der Waals surface area contributed by atoms with E-state index >= 15 is 0 Å². The van der Waals surface area contributed by atoms with Gasteiger partial charge in [-0.1, -0.05) is 52.0 Å². The van der Waals surface area contributed by atoms with Crippen LogP contribution in [0.15, 0.2) is 24.3 Å². The van der Waals surface area contributed by atoms with Gasteiger partial charge in [-0.15, -0.1) is 0 Å². The largest absolute Gasteiger partial charge is 0.292 e. The van der Waals surface area contributed by atoms with E-state index in [-0.39, 0.29) is 5.78 Å². The second-order valence-electron chi connectivity index (χ2n) is 5.18. The van der Waals surface area contributed by atoms with E-state index in [0.717, 1.165) is 31.5 Å². The minimum absolute atomic E-state index is 0.237. The molecule has 0 fully saturated rings. The number of hydrogen-bond acceptors (Lipinski definition) is 2. The van der Waals surface area contributed by atoms with Crippen LogP contribution in [0.25, 0.3) is 0 Å². The first kappa shape index (κ1) is 15.9. The van der Waals surface area contributed by atoms with Gasteiger partial charge in [-0.25, -0.2) is 0 Å². The van der Waals surface area contributed by atoms with Crippen molar-refractivity contribution in [3.63, 3.8) is 0 Å². The van der Waals surface area contributed by atoms with Gasteiger partial charge in [-0.3, -0.25) is 9.69 Å². The molecule has 0 spiro atoms. The topological polar surface area (TPSA) is 20.3 Å². The highest BCUT2D eigenvalue weighted by atomic mass is 16.1. The summed E-state index contributed by atoms with van der Waals surface area (Å²) in [7, 11) is 0. The average Bonchev–Trinajstić information content (AvgIpc) is 2.47. The number of ketones is 1. The molecule has 0 heterocycles. The Morgan fingerprint density at radius 1 is 1.05 bits per heavy atom. The molecule has 0 aliphatic heterocycles. The van der Waals surface area contributed by atoms with Gasteiger partial charge in [0.25, 0.3) is 0 Å². The number of nitrogens with zero attached hydrogens (tertiary/aromatic N) is 1. The zero-order chi connectivity index (χ0) is 14.5. The van der Waals surface area contributed by atoms with E-state index in [2.05, 4.69) is 51.7 Å². The number of hydrogen-bond donors (Lipinski definition) is 0. The molecule has 19 heavy (non-hydrogen) atoms. The van der Waals surface area contributed by atoms with Crippen LogP contribution in [-0.4, -0.2) is 29.3 Å². The van der Waals surface area contributed by atoms with E-state index < -0.39 is 5.54 Å². The third-order valence-electron chi connectivity index (χ3n) is 4.26. The fourth-order valence-electron chi connectivity index (χ4n) is 2.65. The summed E-state index contributed by atoms with van der Waals surface area (Å²) in [6.07, 6.45) is 1.85. The monoisotopic (exact) mass is 261 g/mol. The molecule has 0 radical (unpaired) electrons. The summed E-state index contributed by atoms with van der Waals surface area (Å²) in [5.41, 5.74) is 1.71. The minimum Gasteiger partial charge on any atom is -0.292 e. The van der Waals surface area contributed by atoms with Crippen molar-refractivity contribution in [3.8, 4) is 0 Å². The van der Waals surface area contributed by atoms with Crippen molar-refractivity contribution < 1.29 is 4.79 Å². The zero-order valence-electron chi connectivity index (χ0n) is 13.0. The SMILES string of the molecule is CCc1ccc(C(=O)C(C)(CC)N(CC)CC)cc1. The van der Waals surface area contributed by atoms with Crippen LogP contribution in [0.5, 0.6) is 0 Å². The first-order chi connectivity index (χ1) is 9.03. The molecule has 0 aliphatic carbocycles. The number of benzene rings is 1. The highest BCUT2D eigenvalue weighted by Crippen LogP contribution is 2.24. The summed E-state index contributed by atoms with van der Waals surface area (Å²) in [4.78, 5) is 15.1. The Kier molecular flexibility index (Phi) is 5.74. The van der Waals surface area contributed by atoms with Crippen LogP contribution >= 0.6 is 0 Å². The lowest BCUT2D eigenvalue weighted by Crippen LogP contribution is -2.51. The van der Waals surface area contributed by atoms with Gasteiger partial charge in [0.15, 0.2) is 5.78 Å². The fourth-order valence-corrected chi connectivity index (χ4v) is 2.65. The predicted octanol–water partition coefficient (Wildman–Crippen LogP) is 3.94. The van der Waals surface area contributed by atoms with Crippen molar-refractivity contribution in [2.24, 2.45) is 0 Å². The molecule has 2 nitrogen and oxygen atoms in total. The standard InChI is InChI=1S/C17H27NO/c1-6-14-10-12-15(13-11-14)16(19)17(5,7-2)18(8-3)9-4/h10-13H,6-9H2,1-5H3.